The molecular weight excluding hydrogens is 320 g/mol. The molecule has 0 aliphatic heterocycles. The number of fused-ring (bicyclic) bond motifs is 1. The molecule has 3 aromatic rings. The molecule has 2 atom stereocenters. The lowest BCUT2D eigenvalue weighted by atomic mass is 10.2. The number of hydrogen-bond acceptors (Lipinski definition) is 5. The number of hydrogen-bond donors (Lipinski definition) is 2. The summed E-state index contributed by atoms with van der Waals surface area (Å²) in [5.74, 6) is 1.49. The SMILES string of the molecule is C[C@@H](NC(=O)NC[C@H](c1ccco1)N(C)C)c1nnc2ccccn12. The summed E-state index contributed by atoms with van der Waals surface area (Å²) in [7, 11) is 3.88. The van der Waals surface area contributed by atoms with Gasteiger partial charge in [-0.3, -0.25) is 9.30 Å². The van der Waals surface area contributed by atoms with Gasteiger partial charge in [0.1, 0.15) is 5.76 Å². The third-order valence-corrected chi connectivity index (χ3v) is 4.03. The van der Waals surface area contributed by atoms with E-state index in [9.17, 15) is 4.79 Å². The highest BCUT2D eigenvalue weighted by Gasteiger charge is 2.19. The van der Waals surface area contributed by atoms with Crippen LogP contribution in [0.1, 0.15) is 30.6 Å². The number of carbonyl (C=O) groups is 1. The fourth-order valence-electron chi connectivity index (χ4n) is 2.68. The second kappa shape index (κ2) is 7.35. The average Bonchev–Trinajstić information content (AvgIpc) is 3.24. The van der Waals surface area contributed by atoms with Gasteiger partial charge < -0.3 is 15.1 Å². The first-order valence-corrected chi connectivity index (χ1v) is 8.10. The van der Waals surface area contributed by atoms with E-state index in [2.05, 4.69) is 20.8 Å². The summed E-state index contributed by atoms with van der Waals surface area (Å²) in [6, 6.07) is 8.82. The predicted octanol–water partition coefficient (Wildman–Crippen LogP) is 1.99. The van der Waals surface area contributed by atoms with Crippen LogP contribution >= 0.6 is 0 Å². The summed E-state index contributed by atoms with van der Waals surface area (Å²) in [5.41, 5.74) is 0.747. The molecule has 0 spiro atoms. The molecule has 0 fully saturated rings. The second-order valence-electron chi connectivity index (χ2n) is 6.06. The highest BCUT2D eigenvalue weighted by molar-refractivity contribution is 5.74. The topological polar surface area (TPSA) is 87.7 Å². The van der Waals surface area contributed by atoms with Crippen molar-refractivity contribution in [1.82, 2.24) is 30.1 Å². The van der Waals surface area contributed by atoms with Crippen molar-refractivity contribution in [3.8, 4) is 0 Å². The van der Waals surface area contributed by atoms with Crippen LogP contribution in [-0.4, -0.2) is 46.2 Å². The molecular formula is C17H22N6O2. The largest absolute Gasteiger partial charge is 0.468 e. The van der Waals surface area contributed by atoms with Gasteiger partial charge in [-0.15, -0.1) is 10.2 Å². The van der Waals surface area contributed by atoms with E-state index in [0.29, 0.717) is 12.4 Å². The lowest BCUT2D eigenvalue weighted by molar-refractivity contribution is 0.222. The lowest BCUT2D eigenvalue weighted by Gasteiger charge is -2.23. The molecule has 8 heteroatoms. The quantitative estimate of drug-likeness (QED) is 0.715. The molecule has 0 aliphatic carbocycles. The van der Waals surface area contributed by atoms with Crippen molar-refractivity contribution in [1.29, 1.82) is 0 Å². The highest BCUT2D eigenvalue weighted by atomic mass is 16.3. The van der Waals surface area contributed by atoms with Crippen LogP contribution in [0.15, 0.2) is 47.2 Å². The molecule has 0 aromatic carbocycles. The van der Waals surface area contributed by atoms with Crippen LogP contribution < -0.4 is 10.6 Å². The standard InChI is InChI=1S/C17H22N6O2/c1-12(16-21-20-15-8-4-5-9-23(15)16)19-17(24)18-11-13(22(2)3)14-7-6-10-25-14/h4-10,12-13H,11H2,1-3H3,(H2,18,19,24)/t12-,13-/m1/s1. The van der Waals surface area contributed by atoms with E-state index in [0.717, 1.165) is 11.4 Å². The van der Waals surface area contributed by atoms with Crippen LogP contribution in [-0.2, 0) is 0 Å². The van der Waals surface area contributed by atoms with Crippen LogP contribution in [0.5, 0.6) is 0 Å². The number of pyridine rings is 1. The molecule has 0 unspecified atom stereocenters. The second-order valence-corrected chi connectivity index (χ2v) is 6.06. The minimum absolute atomic E-state index is 0.0371. The van der Waals surface area contributed by atoms with Gasteiger partial charge in [0, 0.05) is 12.7 Å². The number of furan rings is 1. The Morgan fingerprint density at radius 1 is 1.28 bits per heavy atom. The summed E-state index contributed by atoms with van der Waals surface area (Å²) in [6.45, 7) is 2.30. The summed E-state index contributed by atoms with van der Waals surface area (Å²) in [4.78, 5) is 14.2. The van der Waals surface area contributed by atoms with Crippen molar-refractivity contribution < 1.29 is 9.21 Å². The molecule has 3 rings (SSSR count). The number of carbonyl (C=O) groups excluding carboxylic acids is 1. The summed E-state index contributed by atoms with van der Waals surface area (Å²) in [6.07, 6.45) is 3.50. The van der Waals surface area contributed by atoms with E-state index in [1.165, 1.54) is 0 Å². The third-order valence-electron chi connectivity index (χ3n) is 4.03. The van der Waals surface area contributed by atoms with E-state index >= 15 is 0 Å². The Morgan fingerprint density at radius 2 is 2.12 bits per heavy atom. The van der Waals surface area contributed by atoms with Gasteiger partial charge in [-0.05, 0) is 45.3 Å². The van der Waals surface area contributed by atoms with Crippen molar-refractivity contribution in [2.24, 2.45) is 0 Å². The summed E-state index contributed by atoms with van der Waals surface area (Å²) in [5, 5.41) is 14.0. The maximum Gasteiger partial charge on any atom is 0.315 e. The molecule has 25 heavy (non-hydrogen) atoms. The Balaban J connectivity index is 1.60. The fraction of sp³-hybridized carbons (Fsp3) is 0.353. The van der Waals surface area contributed by atoms with Gasteiger partial charge in [0.25, 0.3) is 0 Å². The molecule has 2 amide bonds. The molecule has 0 saturated carbocycles. The molecule has 132 valence electrons. The van der Waals surface area contributed by atoms with Crippen molar-refractivity contribution >= 4 is 11.7 Å². The molecule has 3 heterocycles. The molecule has 0 bridgehead atoms. The number of amides is 2. The maximum absolute atomic E-state index is 12.3. The van der Waals surface area contributed by atoms with Gasteiger partial charge in [0.15, 0.2) is 11.5 Å². The van der Waals surface area contributed by atoms with Gasteiger partial charge in [-0.2, -0.15) is 0 Å². The number of aromatic nitrogens is 3. The van der Waals surface area contributed by atoms with Crippen LogP contribution in [0.25, 0.3) is 5.65 Å². The maximum atomic E-state index is 12.3. The Kier molecular flexibility index (Phi) is 4.99. The number of likely N-dealkylation sites (N-methyl/N-ethyl adjacent to an activating group) is 1. The van der Waals surface area contributed by atoms with Crippen molar-refractivity contribution in [3.05, 3.63) is 54.4 Å². The first kappa shape index (κ1) is 17.0. The number of nitrogens with one attached hydrogen (secondary N) is 2. The Bertz CT molecular complexity index is 827. The van der Waals surface area contributed by atoms with Gasteiger partial charge in [0.05, 0.1) is 18.3 Å². The molecule has 2 N–H and O–H groups in total. The van der Waals surface area contributed by atoms with Crippen LogP contribution in [0.3, 0.4) is 0 Å². The number of urea groups is 1. The van der Waals surface area contributed by atoms with Crippen LogP contribution in [0.2, 0.25) is 0 Å². The van der Waals surface area contributed by atoms with Crippen molar-refractivity contribution in [2.75, 3.05) is 20.6 Å². The first-order valence-electron chi connectivity index (χ1n) is 8.10. The Labute approximate surface area is 145 Å². The molecule has 3 aromatic heterocycles. The van der Waals surface area contributed by atoms with E-state index in [1.54, 1.807) is 6.26 Å². The van der Waals surface area contributed by atoms with Gasteiger partial charge in [-0.1, -0.05) is 6.07 Å². The fourth-order valence-corrected chi connectivity index (χ4v) is 2.68. The molecule has 8 nitrogen and oxygen atoms in total. The smallest absolute Gasteiger partial charge is 0.315 e. The highest BCUT2D eigenvalue weighted by Crippen LogP contribution is 2.17. The zero-order chi connectivity index (χ0) is 17.8. The van der Waals surface area contributed by atoms with Gasteiger partial charge >= 0.3 is 6.03 Å². The van der Waals surface area contributed by atoms with E-state index in [1.807, 2.05) is 66.8 Å². The Morgan fingerprint density at radius 3 is 2.84 bits per heavy atom. The third kappa shape index (κ3) is 3.80. The Hall–Kier alpha value is -2.87. The van der Waals surface area contributed by atoms with E-state index in [-0.39, 0.29) is 18.1 Å². The minimum atomic E-state index is -0.279. The van der Waals surface area contributed by atoms with Crippen molar-refractivity contribution in [2.45, 2.75) is 19.0 Å². The van der Waals surface area contributed by atoms with Crippen LogP contribution in [0, 0.1) is 0 Å². The lowest BCUT2D eigenvalue weighted by Crippen LogP contribution is -2.41. The number of nitrogens with zero attached hydrogens (tertiary/aromatic N) is 4. The van der Waals surface area contributed by atoms with Crippen LogP contribution in [0.4, 0.5) is 4.79 Å². The zero-order valence-corrected chi connectivity index (χ0v) is 14.5. The number of rotatable bonds is 6. The van der Waals surface area contributed by atoms with Gasteiger partial charge in [-0.25, -0.2) is 4.79 Å². The minimum Gasteiger partial charge on any atom is -0.468 e. The summed E-state index contributed by atoms with van der Waals surface area (Å²) < 4.78 is 7.30. The van der Waals surface area contributed by atoms with E-state index in [4.69, 9.17) is 4.42 Å². The molecule has 0 radical (unpaired) electrons. The molecule has 0 aliphatic rings. The van der Waals surface area contributed by atoms with Crippen molar-refractivity contribution in [3.63, 3.8) is 0 Å². The average molecular weight is 342 g/mol. The summed E-state index contributed by atoms with van der Waals surface area (Å²) >= 11 is 0. The monoisotopic (exact) mass is 342 g/mol. The predicted molar refractivity (Wildman–Crippen MR) is 93.1 cm³/mol. The zero-order valence-electron chi connectivity index (χ0n) is 14.5. The van der Waals surface area contributed by atoms with Gasteiger partial charge in [0.2, 0.25) is 0 Å². The molecule has 0 saturated heterocycles. The van der Waals surface area contributed by atoms with E-state index < -0.39 is 0 Å². The first-order chi connectivity index (χ1) is 12.1. The normalized spacial score (nSPS) is 13.8.